The number of carbonyl (C=O) groups is 1. The number of allylic oxidation sites excluding steroid dienone is 2. The van der Waals surface area contributed by atoms with Gasteiger partial charge in [0.2, 0.25) is 5.24 Å². The highest BCUT2D eigenvalue weighted by atomic mass is 35.5. The van der Waals surface area contributed by atoms with Crippen molar-refractivity contribution in [2.75, 3.05) is 0 Å². The second kappa shape index (κ2) is 3.58. The Morgan fingerprint density at radius 2 is 2.14 bits per heavy atom. The Morgan fingerprint density at radius 3 is 2.86 bits per heavy atom. The van der Waals surface area contributed by atoms with Crippen molar-refractivity contribution in [2.24, 2.45) is 0 Å². The maximum atomic E-state index is 10.9. The van der Waals surface area contributed by atoms with Crippen molar-refractivity contribution in [1.29, 1.82) is 0 Å². The van der Waals surface area contributed by atoms with Gasteiger partial charge in [-0.05, 0) is 41.6 Å². The van der Waals surface area contributed by atoms with E-state index < -0.39 is 0 Å². The van der Waals surface area contributed by atoms with E-state index in [0.717, 1.165) is 12.0 Å². The molecule has 1 aliphatic rings. The predicted octanol–water partition coefficient (Wildman–Crippen LogP) is 3.17. The van der Waals surface area contributed by atoms with Crippen LogP contribution in [0.4, 0.5) is 0 Å². The molecule has 0 spiro atoms. The zero-order valence-electron chi connectivity index (χ0n) is 8.01. The fraction of sp³-hybridized carbons (Fsp3) is 0.250. The lowest BCUT2D eigenvalue weighted by Gasteiger charge is -2.02. The highest BCUT2D eigenvalue weighted by Crippen LogP contribution is 2.34. The molecule has 1 aliphatic carbocycles. The van der Waals surface area contributed by atoms with Crippen LogP contribution in [0.5, 0.6) is 0 Å². The number of hydrogen-bond donors (Lipinski definition) is 0. The number of hydrogen-bond acceptors (Lipinski definition) is 1. The Balaban J connectivity index is 2.41. The SMILES string of the molecule is CC1=C(CC(=O)Cl)c2ccccc2C1. The second-order valence-corrected chi connectivity index (χ2v) is 4.05. The van der Waals surface area contributed by atoms with Crippen LogP contribution in [0.3, 0.4) is 0 Å². The summed E-state index contributed by atoms with van der Waals surface area (Å²) in [4.78, 5) is 10.9. The first kappa shape index (κ1) is 9.47. The number of rotatable bonds is 2. The predicted molar refractivity (Wildman–Crippen MR) is 58.2 cm³/mol. The number of benzene rings is 1. The summed E-state index contributed by atoms with van der Waals surface area (Å²) in [6.07, 6.45) is 1.31. The monoisotopic (exact) mass is 206 g/mol. The maximum absolute atomic E-state index is 10.9. The van der Waals surface area contributed by atoms with E-state index >= 15 is 0 Å². The van der Waals surface area contributed by atoms with Gasteiger partial charge in [-0.25, -0.2) is 0 Å². The summed E-state index contributed by atoms with van der Waals surface area (Å²) in [5, 5.41) is -0.281. The van der Waals surface area contributed by atoms with Gasteiger partial charge in [-0.15, -0.1) is 0 Å². The highest BCUT2D eigenvalue weighted by Gasteiger charge is 2.19. The van der Waals surface area contributed by atoms with Crippen LogP contribution in [0.15, 0.2) is 29.8 Å². The summed E-state index contributed by atoms with van der Waals surface area (Å²) in [5.41, 5.74) is 4.87. The number of fused-ring (bicyclic) bond motifs is 1. The molecule has 2 heteroatoms. The van der Waals surface area contributed by atoms with Gasteiger partial charge in [0.25, 0.3) is 0 Å². The molecule has 0 radical (unpaired) electrons. The van der Waals surface area contributed by atoms with Gasteiger partial charge in [0.05, 0.1) is 0 Å². The van der Waals surface area contributed by atoms with E-state index in [4.69, 9.17) is 11.6 Å². The first-order valence-corrected chi connectivity index (χ1v) is 5.01. The van der Waals surface area contributed by atoms with E-state index in [1.807, 2.05) is 12.1 Å². The molecular weight excluding hydrogens is 196 g/mol. The largest absolute Gasteiger partial charge is 0.281 e. The quantitative estimate of drug-likeness (QED) is 0.680. The van der Waals surface area contributed by atoms with Crippen LogP contribution >= 0.6 is 11.6 Å². The molecule has 72 valence electrons. The topological polar surface area (TPSA) is 17.1 Å². The van der Waals surface area contributed by atoms with Crippen molar-refractivity contribution in [3.05, 3.63) is 41.0 Å². The van der Waals surface area contributed by atoms with Crippen LogP contribution in [0.25, 0.3) is 5.57 Å². The van der Waals surface area contributed by atoms with Crippen LogP contribution in [-0.4, -0.2) is 5.24 Å². The molecule has 0 bridgehead atoms. The van der Waals surface area contributed by atoms with Crippen LogP contribution in [0, 0.1) is 0 Å². The van der Waals surface area contributed by atoms with Crippen molar-refractivity contribution < 1.29 is 4.79 Å². The molecule has 14 heavy (non-hydrogen) atoms. The van der Waals surface area contributed by atoms with Gasteiger partial charge in [-0.2, -0.15) is 0 Å². The molecule has 0 heterocycles. The normalized spacial score (nSPS) is 14.4. The fourth-order valence-electron chi connectivity index (χ4n) is 1.98. The molecule has 1 aromatic rings. The van der Waals surface area contributed by atoms with Gasteiger partial charge < -0.3 is 0 Å². The minimum atomic E-state index is -0.281. The zero-order chi connectivity index (χ0) is 10.1. The van der Waals surface area contributed by atoms with Gasteiger partial charge in [0.1, 0.15) is 0 Å². The Bertz CT molecular complexity index is 418. The van der Waals surface area contributed by atoms with Gasteiger partial charge in [0, 0.05) is 6.42 Å². The molecule has 0 fully saturated rings. The molecule has 0 aliphatic heterocycles. The maximum Gasteiger partial charge on any atom is 0.226 e. The molecule has 0 amide bonds. The minimum absolute atomic E-state index is 0.281. The minimum Gasteiger partial charge on any atom is -0.281 e. The molecule has 1 aromatic carbocycles. The van der Waals surface area contributed by atoms with Crippen LogP contribution in [0.2, 0.25) is 0 Å². The van der Waals surface area contributed by atoms with Crippen LogP contribution in [-0.2, 0) is 11.2 Å². The van der Waals surface area contributed by atoms with E-state index in [9.17, 15) is 4.79 Å². The standard InChI is InChI=1S/C12H11ClO/c1-8-6-9-4-2-3-5-10(9)11(8)7-12(13)14/h2-5H,6-7H2,1H3. The molecule has 0 saturated carbocycles. The van der Waals surface area contributed by atoms with E-state index in [2.05, 4.69) is 19.1 Å². The lowest BCUT2D eigenvalue weighted by atomic mass is 10.0. The Labute approximate surface area is 88.4 Å². The van der Waals surface area contributed by atoms with E-state index in [1.54, 1.807) is 0 Å². The summed E-state index contributed by atoms with van der Waals surface area (Å²) in [7, 11) is 0. The molecule has 0 N–H and O–H groups in total. The van der Waals surface area contributed by atoms with E-state index in [-0.39, 0.29) is 5.24 Å². The summed E-state index contributed by atoms with van der Waals surface area (Å²) in [6.45, 7) is 2.06. The molecular formula is C12H11ClO. The van der Waals surface area contributed by atoms with E-state index in [1.165, 1.54) is 16.7 Å². The molecule has 1 nitrogen and oxygen atoms in total. The smallest absolute Gasteiger partial charge is 0.226 e. The van der Waals surface area contributed by atoms with Crippen LogP contribution in [0.1, 0.15) is 24.5 Å². The number of carbonyl (C=O) groups excluding carboxylic acids is 1. The van der Waals surface area contributed by atoms with Gasteiger partial charge >= 0.3 is 0 Å². The Hall–Kier alpha value is -1.08. The fourth-order valence-corrected chi connectivity index (χ4v) is 2.11. The van der Waals surface area contributed by atoms with Crippen molar-refractivity contribution in [3.63, 3.8) is 0 Å². The summed E-state index contributed by atoms with van der Waals surface area (Å²) in [5.74, 6) is 0. The van der Waals surface area contributed by atoms with Crippen molar-refractivity contribution >= 4 is 22.4 Å². The Kier molecular flexibility index (Phi) is 2.42. The summed E-state index contributed by atoms with van der Waals surface area (Å²) < 4.78 is 0. The summed E-state index contributed by atoms with van der Waals surface area (Å²) in [6, 6.07) is 8.18. The Morgan fingerprint density at radius 1 is 1.43 bits per heavy atom. The average Bonchev–Trinajstić information content (AvgIpc) is 2.43. The lowest BCUT2D eigenvalue weighted by Crippen LogP contribution is -1.90. The van der Waals surface area contributed by atoms with Crippen molar-refractivity contribution in [1.82, 2.24) is 0 Å². The first-order chi connectivity index (χ1) is 6.68. The zero-order valence-corrected chi connectivity index (χ0v) is 8.77. The summed E-state index contributed by atoms with van der Waals surface area (Å²) >= 11 is 5.42. The highest BCUT2D eigenvalue weighted by molar-refractivity contribution is 6.64. The second-order valence-electron chi connectivity index (χ2n) is 3.62. The first-order valence-electron chi connectivity index (χ1n) is 4.63. The molecule has 0 aromatic heterocycles. The molecule has 0 atom stereocenters. The van der Waals surface area contributed by atoms with Crippen LogP contribution < -0.4 is 0 Å². The number of halogens is 1. The third-order valence-electron chi connectivity index (χ3n) is 2.63. The molecule has 0 saturated heterocycles. The van der Waals surface area contributed by atoms with Gasteiger partial charge in [-0.3, -0.25) is 4.79 Å². The van der Waals surface area contributed by atoms with Gasteiger partial charge in [0.15, 0.2) is 0 Å². The van der Waals surface area contributed by atoms with Crippen molar-refractivity contribution in [2.45, 2.75) is 19.8 Å². The van der Waals surface area contributed by atoms with E-state index in [0.29, 0.717) is 6.42 Å². The van der Waals surface area contributed by atoms with Crippen molar-refractivity contribution in [3.8, 4) is 0 Å². The lowest BCUT2D eigenvalue weighted by molar-refractivity contribution is -0.110. The molecule has 2 rings (SSSR count). The third-order valence-corrected chi connectivity index (χ3v) is 2.76. The van der Waals surface area contributed by atoms with Gasteiger partial charge in [-0.1, -0.05) is 29.8 Å². The molecule has 0 unspecified atom stereocenters. The third kappa shape index (κ3) is 1.60. The average molecular weight is 207 g/mol.